The number of hydrogen-bond acceptors (Lipinski definition) is 5. The Kier molecular flexibility index (Phi) is 12.2. The fourth-order valence-electron chi connectivity index (χ4n) is 2.88. The van der Waals surface area contributed by atoms with E-state index in [4.69, 9.17) is 9.47 Å². The molecule has 0 saturated heterocycles. The monoisotopic (exact) mass is 449 g/mol. The Morgan fingerprint density at radius 2 is 1.53 bits per heavy atom. The zero-order valence-electron chi connectivity index (χ0n) is 20.0. The molecule has 8 nitrogen and oxygen atoms in total. The van der Waals surface area contributed by atoms with E-state index >= 15 is 0 Å². The fraction of sp³-hybridized carbons (Fsp3) is 0.625. The second-order valence-electron chi connectivity index (χ2n) is 9.17. The second kappa shape index (κ2) is 14.3. The number of ether oxygens (including phenoxy) is 2. The average molecular weight is 450 g/mol. The van der Waals surface area contributed by atoms with Crippen LogP contribution in [-0.4, -0.2) is 42.8 Å². The highest BCUT2D eigenvalue weighted by Gasteiger charge is 2.22. The van der Waals surface area contributed by atoms with Crippen molar-refractivity contribution in [2.24, 2.45) is 5.92 Å². The van der Waals surface area contributed by atoms with Crippen molar-refractivity contribution in [1.82, 2.24) is 16.0 Å². The summed E-state index contributed by atoms with van der Waals surface area (Å²) >= 11 is 0. The zero-order chi connectivity index (χ0) is 24.0. The van der Waals surface area contributed by atoms with E-state index in [9.17, 15) is 14.4 Å². The first kappa shape index (κ1) is 27.3. The normalized spacial score (nSPS) is 12.1. The first-order valence-corrected chi connectivity index (χ1v) is 11.3. The Hall–Kier alpha value is -2.77. The van der Waals surface area contributed by atoms with Gasteiger partial charge in [0.25, 0.3) is 0 Å². The maximum atomic E-state index is 12.5. The molecule has 0 heterocycles. The smallest absolute Gasteiger partial charge is 0.408 e. The molecule has 0 saturated carbocycles. The molecule has 180 valence electrons. The van der Waals surface area contributed by atoms with Crippen molar-refractivity contribution < 1.29 is 23.9 Å². The molecule has 3 amide bonds. The van der Waals surface area contributed by atoms with E-state index in [0.717, 1.165) is 24.8 Å². The molecule has 0 aliphatic heterocycles. The molecule has 1 rings (SSSR count). The molecular weight excluding hydrogens is 410 g/mol. The molecule has 1 atom stereocenters. The van der Waals surface area contributed by atoms with E-state index in [1.165, 1.54) is 0 Å². The summed E-state index contributed by atoms with van der Waals surface area (Å²) in [5.41, 5.74) is 0.372. The number of unbranched alkanes of at least 4 members (excludes halogenated alkanes) is 2. The molecule has 0 aromatic heterocycles. The quantitative estimate of drug-likeness (QED) is 0.416. The van der Waals surface area contributed by atoms with Crippen LogP contribution >= 0.6 is 0 Å². The standard InChI is InChI=1S/C24H39N3O5/c1-18(2)16-20(27-23(30)31-17-19-12-8-6-9-13-19)21(28)25-14-10-7-11-15-26-22(29)32-24(3,4)5/h6,8-9,12-13,18,20H,7,10-11,14-17H2,1-5H3,(H,25,28)(H,26,29)(H,27,30)/t20-/m0/s1. The number of amides is 3. The van der Waals surface area contributed by atoms with Gasteiger partial charge in [-0.2, -0.15) is 0 Å². The van der Waals surface area contributed by atoms with E-state index in [2.05, 4.69) is 16.0 Å². The van der Waals surface area contributed by atoms with Gasteiger partial charge < -0.3 is 25.4 Å². The molecule has 0 fully saturated rings. The first-order valence-electron chi connectivity index (χ1n) is 11.3. The first-order chi connectivity index (χ1) is 15.1. The molecule has 0 radical (unpaired) electrons. The van der Waals surface area contributed by atoms with Crippen LogP contribution in [0.25, 0.3) is 0 Å². The molecular formula is C24H39N3O5. The van der Waals surface area contributed by atoms with E-state index < -0.39 is 23.8 Å². The highest BCUT2D eigenvalue weighted by atomic mass is 16.6. The Balaban J connectivity index is 2.28. The van der Waals surface area contributed by atoms with Crippen LogP contribution in [0.15, 0.2) is 30.3 Å². The van der Waals surface area contributed by atoms with Gasteiger partial charge in [-0.25, -0.2) is 9.59 Å². The lowest BCUT2D eigenvalue weighted by Crippen LogP contribution is -2.47. The van der Waals surface area contributed by atoms with Crippen molar-refractivity contribution in [2.75, 3.05) is 13.1 Å². The van der Waals surface area contributed by atoms with Crippen molar-refractivity contribution in [1.29, 1.82) is 0 Å². The summed E-state index contributed by atoms with van der Waals surface area (Å²) in [6, 6.07) is 8.73. The second-order valence-corrected chi connectivity index (χ2v) is 9.17. The molecule has 0 spiro atoms. The molecule has 3 N–H and O–H groups in total. The van der Waals surface area contributed by atoms with E-state index in [0.29, 0.717) is 19.5 Å². The molecule has 0 unspecified atom stereocenters. The van der Waals surface area contributed by atoms with E-state index in [1.54, 1.807) is 0 Å². The number of nitrogens with one attached hydrogen (secondary N) is 3. The Bertz CT molecular complexity index is 701. The van der Waals surface area contributed by atoms with Gasteiger partial charge in [0.05, 0.1) is 0 Å². The summed E-state index contributed by atoms with van der Waals surface area (Å²) in [5, 5.41) is 8.27. The average Bonchev–Trinajstić information content (AvgIpc) is 2.70. The summed E-state index contributed by atoms with van der Waals surface area (Å²) in [6.07, 6.45) is 1.89. The number of benzene rings is 1. The summed E-state index contributed by atoms with van der Waals surface area (Å²) in [6.45, 7) is 10.6. The third-order valence-electron chi connectivity index (χ3n) is 4.35. The lowest BCUT2D eigenvalue weighted by atomic mass is 10.0. The van der Waals surface area contributed by atoms with E-state index in [-0.39, 0.29) is 18.4 Å². The number of carbonyl (C=O) groups is 3. The third kappa shape index (κ3) is 13.5. The number of carbonyl (C=O) groups excluding carboxylic acids is 3. The maximum Gasteiger partial charge on any atom is 0.408 e. The van der Waals surface area contributed by atoms with Crippen LogP contribution in [0.5, 0.6) is 0 Å². The van der Waals surface area contributed by atoms with Gasteiger partial charge in [0.15, 0.2) is 0 Å². The van der Waals surface area contributed by atoms with Crippen molar-refractivity contribution in [3.8, 4) is 0 Å². The van der Waals surface area contributed by atoms with Crippen molar-refractivity contribution >= 4 is 18.1 Å². The van der Waals surface area contributed by atoms with Crippen LogP contribution in [0.1, 0.15) is 65.9 Å². The van der Waals surface area contributed by atoms with Gasteiger partial charge in [-0.15, -0.1) is 0 Å². The molecule has 1 aromatic carbocycles. The van der Waals surface area contributed by atoms with Crippen LogP contribution in [0.3, 0.4) is 0 Å². The highest BCUT2D eigenvalue weighted by Crippen LogP contribution is 2.08. The van der Waals surface area contributed by atoms with Crippen LogP contribution < -0.4 is 16.0 Å². The number of hydrogen-bond donors (Lipinski definition) is 3. The lowest BCUT2D eigenvalue weighted by Gasteiger charge is -2.20. The van der Waals surface area contributed by atoms with Crippen molar-refractivity contribution in [3.05, 3.63) is 35.9 Å². The topological polar surface area (TPSA) is 106 Å². The molecule has 0 aliphatic rings. The van der Waals surface area contributed by atoms with Crippen LogP contribution in [0.4, 0.5) is 9.59 Å². The summed E-state index contributed by atoms with van der Waals surface area (Å²) in [5.74, 6) is 0.0151. The van der Waals surface area contributed by atoms with Gasteiger partial charge >= 0.3 is 12.2 Å². The Morgan fingerprint density at radius 1 is 0.906 bits per heavy atom. The van der Waals surface area contributed by atoms with Gasteiger partial charge in [0.2, 0.25) is 5.91 Å². The van der Waals surface area contributed by atoms with Gasteiger partial charge in [0.1, 0.15) is 18.2 Å². The van der Waals surface area contributed by atoms with E-state index in [1.807, 2.05) is 65.0 Å². The largest absolute Gasteiger partial charge is 0.445 e. The summed E-state index contributed by atoms with van der Waals surface area (Å²) in [7, 11) is 0. The Morgan fingerprint density at radius 3 is 2.12 bits per heavy atom. The van der Waals surface area contributed by atoms with Crippen LogP contribution in [0, 0.1) is 5.92 Å². The van der Waals surface area contributed by atoms with Gasteiger partial charge in [-0.05, 0) is 57.9 Å². The zero-order valence-corrected chi connectivity index (χ0v) is 20.0. The predicted molar refractivity (Wildman–Crippen MR) is 124 cm³/mol. The minimum absolute atomic E-state index is 0.153. The fourth-order valence-corrected chi connectivity index (χ4v) is 2.88. The van der Waals surface area contributed by atoms with Crippen molar-refractivity contribution in [2.45, 2.75) is 78.6 Å². The SMILES string of the molecule is CC(C)C[C@H](NC(=O)OCc1ccccc1)C(=O)NCCCCCNC(=O)OC(C)(C)C. The Labute approximate surface area is 191 Å². The minimum Gasteiger partial charge on any atom is -0.445 e. The van der Waals surface area contributed by atoms with Gasteiger partial charge in [-0.3, -0.25) is 4.79 Å². The van der Waals surface area contributed by atoms with Gasteiger partial charge in [0, 0.05) is 13.1 Å². The molecule has 8 heteroatoms. The third-order valence-corrected chi connectivity index (χ3v) is 4.35. The van der Waals surface area contributed by atoms with Crippen LogP contribution in [-0.2, 0) is 20.9 Å². The number of rotatable bonds is 12. The lowest BCUT2D eigenvalue weighted by molar-refractivity contribution is -0.123. The molecule has 0 bridgehead atoms. The minimum atomic E-state index is -0.646. The molecule has 0 aliphatic carbocycles. The van der Waals surface area contributed by atoms with Gasteiger partial charge in [-0.1, -0.05) is 44.2 Å². The summed E-state index contributed by atoms with van der Waals surface area (Å²) in [4.78, 5) is 36.3. The van der Waals surface area contributed by atoms with Crippen molar-refractivity contribution in [3.63, 3.8) is 0 Å². The van der Waals surface area contributed by atoms with Crippen LogP contribution in [0.2, 0.25) is 0 Å². The summed E-state index contributed by atoms with van der Waals surface area (Å²) < 4.78 is 10.4. The maximum absolute atomic E-state index is 12.5. The molecule has 32 heavy (non-hydrogen) atoms. The highest BCUT2D eigenvalue weighted by molar-refractivity contribution is 5.85. The number of alkyl carbamates (subject to hydrolysis) is 2. The molecule has 1 aromatic rings. The predicted octanol–water partition coefficient (Wildman–Crippen LogP) is 4.14.